The fourth-order valence-electron chi connectivity index (χ4n) is 1.96. The molecule has 1 aromatic carbocycles. The van der Waals surface area contributed by atoms with Gasteiger partial charge in [-0.1, -0.05) is 23.4 Å². The zero-order valence-electron chi connectivity index (χ0n) is 10.6. The summed E-state index contributed by atoms with van der Waals surface area (Å²) >= 11 is 0. The number of tetrazole rings is 1. The van der Waals surface area contributed by atoms with Gasteiger partial charge in [-0.05, 0) is 12.5 Å². The van der Waals surface area contributed by atoms with E-state index in [1.54, 1.807) is 0 Å². The predicted octanol–water partition coefficient (Wildman–Crippen LogP) is 0.439. The van der Waals surface area contributed by atoms with Crippen molar-refractivity contribution in [3.8, 4) is 0 Å². The van der Waals surface area contributed by atoms with Crippen molar-refractivity contribution in [2.45, 2.75) is 12.8 Å². The molecule has 0 aliphatic carbocycles. The molecule has 20 heavy (non-hydrogen) atoms. The Morgan fingerprint density at radius 2 is 2.15 bits per heavy atom. The van der Waals surface area contributed by atoms with Crippen molar-refractivity contribution >= 4 is 16.8 Å². The summed E-state index contributed by atoms with van der Waals surface area (Å²) in [4.78, 5) is 12.0. The fraction of sp³-hybridized carbons (Fsp3) is 0.250. The third-order valence-electron chi connectivity index (χ3n) is 2.94. The van der Waals surface area contributed by atoms with Crippen LogP contribution in [-0.2, 0) is 6.42 Å². The first-order valence-corrected chi connectivity index (χ1v) is 6.28. The molecule has 8 heteroatoms. The summed E-state index contributed by atoms with van der Waals surface area (Å²) in [7, 11) is 0. The van der Waals surface area contributed by atoms with E-state index in [-0.39, 0.29) is 5.91 Å². The number of rotatable bonds is 5. The van der Waals surface area contributed by atoms with Crippen molar-refractivity contribution in [2.75, 3.05) is 6.54 Å². The monoisotopic (exact) mass is 271 g/mol. The smallest absolute Gasteiger partial charge is 0.272 e. The zero-order valence-corrected chi connectivity index (χ0v) is 10.6. The van der Waals surface area contributed by atoms with Crippen LogP contribution in [0.5, 0.6) is 0 Å². The molecule has 0 aliphatic rings. The number of hydrogen-bond donors (Lipinski definition) is 3. The number of hydrogen-bond acceptors (Lipinski definition) is 5. The van der Waals surface area contributed by atoms with Gasteiger partial charge in [0, 0.05) is 18.4 Å². The number of benzene rings is 1. The first-order chi connectivity index (χ1) is 9.84. The molecule has 0 saturated heterocycles. The number of aromatic amines is 2. The Kier molecular flexibility index (Phi) is 3.36. The van der Waals surface area contributed by atoms with Crippen LogP contribution in [-0.4, -0.2) is 43.3 Å². The molecule has 0 fully saturated rings. The van der Waals surface area contributed by atoms with Gasteiger partial charge in [-0.3, -0.25) is 9.89 Å². The van der Waals surface area contributed by atoms with Gasteiger partial charge in [-0.15, -0.1) is 10.2 Å². The van der Waals surface area contributed by atoms with E-state index in [0.717, 1.165) is 17.3 Å². The summed E-state index contributed by atoms with van der Waals surface area (Å²) in [5.41, 5.74) is 1.27. The maximum Gasteiger partial charge on any atom is 0.272 e. The van der Waals surface area contributed by atoms with E-state index >= 15 is 0 Å². The summed E-state index contributed by atoms with van der Waals surface area (Å²) in [5, 5.41) is 24.1. The number of para-hydroxylation sites is 1. The van der Waals surface area contributed by atoms with Crippen molar-refractivity contribution < 1.29 is 4.79 Å². The Hall–Kier alpha value is -2.77. The third-order valence-corrected chi connectivity index (χ3v) is 2.94. The standard InChI is InChI=1S/C12H13N7O/c20-12(13-7-3-6-10-15-18-19-16-10)11-8-4-1-2-5-9(8)14-17-11/h1-2,4-5H,3,6-7H2,(H,13,20)(H,14,17)(H,15,16,18,19). The topological polar surface area (TPSA) is 112 Å². The summed E-state index contributed by atoms with van der Waals surface area (Å²) in [6, 6.07) is 7.53. The molecule has 0 atom stereocenters. The van der Waals surface area contributed by atoms with Crippen LogP contribution in [0.15, 0.2) is 24.3 Å². The first-order valence-electron chi connectivity index (χ1n) is 6.28. The van der Waals surface area contributed by atoms with E-state index in [0.29, 0.717) is 24.5 Å². The SMILES string of the molecule is O=C(NCCCc1nn[nH]n1)c1n[nH]c2ccccc12. The summed E-state index contributed by atoms with van der Waals surface area (Å²) in [6.45, 7) is 0.536. The first kappa shape index (κ1) is 12.3. The highest BCUT2D eigenvalue weighted by molar-refractivity contribution is 6.04. The highest BCUT2D eigenvalue weighted by Crippen LogP contribution is 2.14. The van der Waals surface area contributed by atoms with Gasteiger partial charge in [0.05, 0.1) is 5.52 Å². The van der Waals surface area contributed by atoms with Crippen molar-refractivity contribution in [2.24, 2.45) is 0 Å². The van der Waals surface area contributed by atoms with Gasteiger partial charge >= 0.3 is 0 Å². The number of amides is 1. The number of fused-ring (bicyclic) bond motifs is 1. The molecule has 0 unspecified atom stereocenters. The van der Waals surface area contributed by atoms with Crippen LogP contribution in [0.4, 0.5) is 0 Å². The van der Waals surface area contributed by atoms with E-state index in [4.69, 9.17) is 0 Å². The van der Waals surface area contributed by atoms with Crippen LogP contribution >= 0.6 is 0 Å². The van der Waals surface area contributed by atoms with Gasteiger partial charge in [0.2, 0.25) is 0 Å². The maximum absolute atomic E-state index is 12.0. The molecule has 3 rings (SSSR count). The van der Waals surface area contributed by atoms with Gasteiger partial charge in [-0.2, -0.15) is 10.3 Å². The normalized spacial score (nSPS) is 10.8. The Balaban J connectivity index is 1.56. The molecule has 3 N–H and O–H groups in total. The van der Waals surface area contributed by atoms with E-state index in [1.807, 2.05) is 24.3 Å². The number of nitrogens with one attached hydrogen (secondary N) is 3. The molecule has 0 spiro atoms. The van der Waals surface area contributed by atoms with E-state index in [2.05, 4.69) is 36.1 Å². The Bertz CT molecular complexity index is 704. The van der Waals surface area contributed by atoms with Crippen LogP contribution in [0.1, 0.15) is 22.7 Å². The molecule has 0 radical (unpaired) electrons. The minimum atomic E-state index is -0.185. The van der Waals surface area contributed by atoms with Crippen LogP contribution in [0.25, 0.3) is 10.9 Å². The highest BCUT2D eigenvalue weighted by Gasteiger charge is 2.12. The number of H-pyrrole nitrogens is 2. The number of carbonyl (C=O) groups excluding carboxylic acids is 1. The molecule has 0 aliphatic heterocycles. The number of carbonyl (C=O) groups is 1. The molecular formula is C12H13N7O. The maximum atomic E-state index is 12.0. The molecule has 0 bridgehead atoms. The van der Waals surface area contributed by atoms with Crippen molar-refractivity contribution in [1.29, 1.82) is 0 Å². The lowest BCUT2D eigenvalue weighted by molar-refractivity contribution is 0.0949. The van der Waals surface area contributed by atoms with Crippen molar-refractivity contribution in [1.82, 2.24) is 36.1 Å². The Morgan fingerprint density at radius 1 is 1.25 bits per heavy atom. The van der Waals surface area contributed by atoms with Crippen molar-refractivity contribution in [3.05, 3.63) is 35.8 Å². The summed E-state index contributed by atoms with van der Waals surface area (Å²) < 4.78 is 0. The molecule has 1 amide bonds. The van der Waals surface area contributed by atoms with Crippen LogP contribution in [0.2, 0.25) is 0 Å². The quantitative estimate of drug-likeness (QED) is 0.583. The van der Waals surface area contributed by atoms with E-state index in [1.165, 1.54) is 0 Å². The summed E-state index contributed by atoms with van der Waals surface area (Å²) in [5.74, 6) is 0.458. The van der Waals surface area contributed by atoms with E-state index in [9.17, 15) is 4.79 Å². The van der Waals surface area contributed by atoms with Crippen LogP contribution in [0, 0.1) is 0 Å². The van der Waals surface area contributed by atoms with Gasteiger partial charge in [-0.25, -0.2) is 0 Å². The average molecular weight is 271 g/mol. The fourth-order valence-corrected chi connectivity index (χ4v) is 1.96. The van der Waals surface area contributed by atoms with Crippen molar-refractivity contribution in [3.63, 3.8) is 0 Å². The zero-order chi connectivity index (χ0) is 13.8. The highest BCUT2D eigenvalue weighted by atomic mass is 16.1. The molecular weight excluding hydrogens is 258 g/mol. The minimum Gasteiger partial charge on any atom is -0.351 e. The van der Waals surface area contributed by atoms with Crippen LogP contribution in [0.3, 0.4) is 0 Å². The Labute approximate surface area is 114 Å². The van der Waals surface area contributed by atoms with Gasteiger partial charge < -0.3 is 5.32 Å². The Morgan fingerprint density at radius 3 is 3.00 bits per heavy atom. The largest absolute Gasteiger partial charge is 0.351 e. The molecule has 2 heterocycles. The number of aryl methyl sites for hydroxylation is 1. The minimum absolute atomic E-state index is 0.185. The molecule has 3 aromatic rings. The molecule has 8 nitrogen and oxygen atoms in total. The van der Waals surface area contributed by atoms with E-state index < -0.39 is 0 Å². The van der Waals surface area contributed by atoms with Gasteiger partial charge in [0.1, 0.15) is 0 Å². The number of aromatic nitrogens is 6. The van der Waals surface area contributed by atoms with Crippen LogP contribution < -0.4 is 5.32 Å². The third kappa shape index (κ3) is 2.48. The number of nitrogens with zero attached hydrogens (tertiary/aromatic N) is 4. The second kappa shape index (κ2) is 5.47. The average Bonchev–Trinajstić information content (AvgIpc) is 3.12. The lowest BCUT2D eigenvalue weighted by atomic mass is 10.2. The lowest BCUT2D eigenvalue weighted by Gasteiger charge is -2.01. The lowest BCUT2D eigenvalue weighted by Crippen LogP contribution is -2.25. The second-order valence-corrected chi connectivity index (χ2v) is 4.31. The predicted molar refractivity (Wildman–Crippen MR) is 70.9 cm³/mol. The molecule has 102 valence electrons. The molecule has 0 saturated carbocycles. The second-order valence-electron chi connectivity index (χ2n) is 4.31. The summed E-state index contributed by atoms with van der Waals surface area (Å²) in [6.07, 6.45) is 1.41. The van der Waals surface area contributed by atoms with Gasteiger partial charge in [0.15, 0.2) is 11.5 Å². The van der Waals surface area contributed by atoms with Gasteiger partial charge in [0.25, 0.3) is 5.91 Å². The molecule has 2 aromatic heterocycles.